The van der Waals surface area contributed by atoms with Gasteiger partial charge in [0.1, 0.15) is 5.75 Å². The predicted octanol–water partition coefficient (Wildman–Crippen LogP) is 2.99. The highest BCUT2D eigenvalue weighted by Gasteiger charge is 2.06. The topological polar surface area (TPSA) is 87.1 Å². The first-order chi connectivity index (χ1) is 7.71. The van der Waals surface area contributed by atoms with E-state index in [4.69, 9.17) is 10.3 Å². The summed E-state index contributed by atoms with van der Waals surface area (Å²) in [5.41, 5.74) is 9.28. The van der Waals surface area contributed by atoms with Crippen LogP contribution in [0.25, 0.3) is 10.4 Å². The maximum atomic E-state index is 11.2. The Morgan fingerprint density at radius 1 is 1.62 bits per heavy atom. The van der Waals surface area contributed by atoms with Gasteiger partial charge in [-0.15, -0.1) is 0 Å². The summed E-state index contributed by atoms with van der Waals surface area (Å²) in [6, 6.07) is 4.80. The predicted molar refractivity (Wildman–Crippen MR) is 60.7 cm³/mol. The molecule has 0 atom stereocenters. The van der Waals surface area contributed by atoms with Crippen LogP contribution in [0.2, 0.25) is 0 Å². The molecule has 0 radical (unpaired) electrons. The monoisotopic (exact) mass is 220 g/mol. The quantitative estimate of drug-likeness (QED) is 0.480. The molecule has 0 bridgehead atoms. The zero-order valence-corrected chi connectivity index (χ0v) is 9.10. The van der Waals surface area contributed by atoms with E-state index in [0.29, 0.717) is 23.5 Å². The first-order valence-electron chi connectivity index (χ1n) is 4.74. The van der Waals surface area contributed by atoms with E-state index >= 15 is 0 Å². The van der Waals surface area contributed by atoms with E-state index in [1.54, 1.807) is 25.1 Å². The van der Waals surface area contributed by atoms with Crippen molar-refractivity contribution >= 4 is 17.3 Å². The number of nitrogens with one attached hydrogen (secondary N) is 1. The molecule has 0 saturated heterocycles. The van der Waals surface area contributed by atoms with Gasteiger partial charge in [0.25, 0.3) is 0 Å². The molecule has 16 heavy (non-hydrogen) atoms. The Hall–Kier alpha value is -2.20. The van der Waals surface area contributed by atoms with Crippen LogP contribution in [0.1, 0.15) is 13.3 Å². The number of hydrogen-bond donors (Lipinski definition) is 1. The van der Waals surface area contributed by atoms with Gasteiger partial charge in [0.05, 0.1) is 12.8 Å². The van der Waals surface area contributed by atoms with Crippen LogP contribution in [0.5, 0.6) is 5.75 Å². The molecular formula is C10H12N4O2. The number of anilines is 1. The molecule has 1 rings (SSSR count). The minimum absolute atomic E-state index is 0.102. The summed E-state index contributed by atoms with van der Waals surface area (Å²) in [7, 11) is 1.48. The van der Waals surface area contributed by atoms with Crippen LogP contribution in [-0.2, 0) is 4.79 Å². The minimum Gasteiger partial charge on any atom is -0.495 e. The summed E-state index contributed by atoms with van der Waals surface area (Å²) in [4.78, 5) is 13.9. The smallest absolute Gasteiger partial charge is 0.224 e. The fourth-order valence-corrected chi connectivity index (χ4v) is 1.14. The van der Waals surface area contributed by atoms with E-state index in [1.165, 1.54) is 7.11 Å². The van der Waals surface area contributed by atoms with Crippen LogP contribution in [0.4, 0.5) is 11.4 Å². The number of azide groups is 1. The summed E-state index contributed by atoms with van der Waals surface area (Å²) in [5.74, 6) is 0.363. The Balaban J connectivity index is 3.01. The van der Waals surface area contributed by atoms with Gasteiger partial charge >= 0.3 is 0 Å². The maximum absolute atomic E-state index is 11.2. The number of carbonyl (C=O) groups is 1. The second kappa shape index (κ2) is 5.63. The summed E-state index contributed by atoms with van der Waals surface area (Å²) >= 11 is 0. The molecule has 1 amide bonds. The molecule has 0 aliphatic carbocycles. The van der Waals surface area contributed by atoms with Gasteiger partial charge in [0.15, 0.2) is 0 Å². The second-order valence-corrected chi connectivity index (χ2v) is 2.98. The van der Waals surface area contributed by atoms with Crippen molar-refractivity contribution in [1.29, 1.82) is 0 Å². The van der Waals surface area contributed by atoms with E-state index in [9.17, 15) is 4.79 Å². The van der Waals surface area contributed by atoms with Crippen molar-refractivity contribution in [2.75, 3.05) is 12.4 Å². The standard InChI is InChI=1S/C10H12N4O2/c1-3-10(15)12-8-5-4-7(13-14-11)6-9(8)16-2/h4-6H,3H2,1-2H3,(H,12,15). The number of amides is 1. The Morgan fingerprint density at radius 3 is 2.94 bits per heavy atom. The third kappa shape index (κ3) is 2.90. The number of rotatable bonds is 4. The van der Waals surface area contributed by atoms with Gasteiger partial charge < -0.3 is 10.1 Å². The first-order valence-corrected chi connectivity index (χ1v) is 4.74. The van der Waals surface area contributed by atoms with Crippen molar-refractivity contribution in [3.8, 4) is 5.75 Å². The molecule has 0 unspecified atom stereocenters. The van der Waals surface area contributed by atoms with Crippen LogP contribution in [-0.4, -0.2) is 13.0 Å². The average Bonchev–Trinajstić information content (AvgIpc) is 2.31. The highest BCUT2D eigenvalue weighted by atomic mass is 16.5. The third-order valence-electron chi connectivity index (χ3n) is 1.94. The summed E-state index contributed by atoms with van der Waals surface area (Å²) in [5, 5.41) is 6.13. The van der Waals surface area contributed by atoms with Crippen molar-refractivity contribution in [2.45, 2.75) is 13.3 Å². The van der Waals surface area contributed by atoms with E-state index in [1.807, 2.05) is 0 Å². The molecule has 0 fully saturated rings. The van der Waals surface area contributed by atoms with Crippen LogP contribution in [0.15, 0.2) is 23.3 Å². The lowest BCUT2D eigenvalue weighted by Gasteiger charge is -2.09. The van der Waals surface area contributed by atoms with Gasteiger partial charge in [-0.2, -0.15) is 0 Å². The maximum Gasteiger partial charge on any atom is 0.224 e. The normalized spacial score (nSPS) is 9.12. The van der Waals surface area contributed by atoms with E-state index in [-0.39, 0.29) is 5.91 Å². The minimum atomic E-state index is -0.102. The van der Waals surface area contributed by atoms with Gasteiger partial charge in [0.2, 0.25) is 5.91 Å². The Bertz CT molecular complexity index is 438. The molecule has 0 saturated carbocycles. The number of hydrogen-bond acceptors (Lipinski definition) is 3. The van der Waals surface area contributed by atoms with Crippen molar-refractivity contribution in [2.24, 2.45) is 5.11 Å². The largest absolute Gasteiger partial charge is 0.495 e. The highest BCUT2D eigenvalue weighted by Crippen LogP contribution is 2.29. The lowest BCUT2D eigenvalue weighted by atomic mass is 10.2. The van der Waals surface area contributed by atoms with E-state index in [2.05, 4.69) is 15.3 Å². The summed E-state index contributed by atoms with van der Waals surface area (Å²) in [6.07, 6.45) is 0.390. The summed E-state index contributed by atoms with van der Waals surface area (Å²) in [6.45, 7) is 1.76. The van der Waals surface area contributed by atoms with Gasteiger partial charge in [-0.1, -0.05) is 18.1 Å². The van der Waals surface area contributed by atoms with Crippen molar-refractivity contribution in [3.05, 3.63) is 28.6 Å². The Labute approximate surface area is 92.8 Å². The van der Waals surface area contributed by atoms with Gasteiger partial charge in [0, 0.05) is 17.0 Å². The number of carbonyl (C=O) groups excluding carboxylic acids is 1. The molecule has 1 aromatic rings. The lowest BCUT2D eigenvalue weighted by molar-refractivity contribution is -0.115. The molecule has 0 spiro atoms. The molecule has 1 N–H and O–H groups in total. The molecule has 84 valence electrons. The van der Waals surface area contributed by atoms with Crippen LogP contribution < -0.4 is 10.1 Å². The molecule has 0 aliphatic heterocycles. The molecule has 6 heteroatoms. The molecule has 0 aromatic heterocycles. The van der Waals surface area contributed by atoms with Crippen molar-refractivity contribution in [3.63, 3.8) is 0 Å². The van der Waals surface area contributed by atoms with E-state index in [0.717, 1.165) is 0 Å². The van der Waals surface area contributed by atoms with Crippen molar-refractivity contribution in [1.82, 2.24) is 0 Å². The van der Waals surface area contributed by atoms with Gasteiger partial charge in [-0.05, 0) is 17.7 Å². The summed E-state index contributed by atoms with van der Waals surface area (Å²) < 4.78 is 5.08. The van der Waals surface area contributed by atoms with Crippen LogP contribution in [0, 0.1) is 0 Å². The Kier molecular flexibility index (Phi) is 4.17. The number of nitrogens with zero attached hydrogens (tertiary/aromatic N) is 3. The highest BCUT2D eigenvalue weighted by molar-refractivity contribution is 5.92. The lowest BCUT2D eigenvalue weighted by Crippen LogP contribution is -2.10. The fraction of sp³-hybridized carbons (Fsp3) is 0.300. The number of benzene rings is 1. The SMILES string of the molecule is CCC(=O)Nc1ccc(N=[N+]=[N-])cc1OC. The van der Waals surface area contributed by atoms with Gasteiger partial charge in [-0.25, -0.2) is 0 Å². The Morgan fingerprint density at radius 2 is 2.38 bits per heavy atom. The number of ether oxygens (including phenoxy) is 1. The zero-order valence-electron chi connectivity index (χ0n) is 9.10. The molecule has 0 heterocycles. The first kappa shape index (κ1) is 11.9. The molecular weight excluding hydrogens is 208 g/mol. The molecule has 1 aromatic carbocycles. The molecule has 6 nitrogen and oxygen atoms in total. The average molecular weight is 220 g/mol. The van der Waals surface area contributed by atoms with Crippen molar-refractivity contribution < 1.29 is 9.53 Å². The van der Waals surface area contributed by atoms with E-state index < -0.39 is 0 Å². The third-order valence-corrected chi connectivity index (χ3v) is 1.94. The van der Waals surface area contributed by atoms with Crippen LogP contribution in [0.3, 0.4) is 0 Å². The zero-order chi connectivity index (χ0) is 12.0. The number of methoxy groups -OCH3 is 1. The molecule has 0 aliphatic rings. The van der Waals surface area contributed by atoms with Crippen LogP contribution >= 0.6 is 0 Å². The second-order valence-electron chi connectivity index (χ2n) is 2.98. The fourth-order valence-electron chi connectivity index (χ4n) is 1.14. The van der Waals surface area contributed by atoms with Gasteiger partial charge in [-0.3, -0.25) is 4.79 Å².